The van der Waals surface area contributed by atoms with E-state index < -0.39 is 11.3 Å². The maximum Gasteiger partial charge on any atom is 0.277 e. The summed E-state index contributed by atoms with van der Waals surface area (Å²) in [4.78, 5) is 20.4. The van der Waals surface area contributed by atoms with Crippen molar-refractivity contribution in [1.29, 1.82) is 0 Å². The minimum absolute atomic E-state index is 0.197. The number of hydrogen-bond donors (Lipinski definition) is 3. The molecule has 0 radical (unpaired) electrons. The topological polar surface area (TPSA) is 77.9 Å². The number of thiazole rings is 1. The Bertz CT molecular complexity index is 1090. The molecule has 0 aliphatic carbocycles. The van der Waals surface area contributed by atoms with Crippen LogP contribution in [0, 0.1) is 12.7 Å². The monoisotopic (exact) mass is 490 g/mol. The number of carbonyl (C=O) groups is 1. The molecule has 1 amide bonds. The molecule has 3 aromatic rings. The fourth-order valence-electron chi connectivity index (χ4n) is 4.01. The van der Waals surface area contributed by atoms with Crippen molar-refractivity contribution < 1.29 is 19.0 Å². The van der Waals surface area contributed by atoms with Crippen molar-refractivity contribution in [2.45, 2.75) is 19.2 Å². The summed E-state index contributed by atoms with van der Waals surface area (Å²) >= 11 is 5.50. The number of aliphatic hydroxyl groups excluding tert-OH is 1. The van der Waals surface area contributed by atoms with Gasteiger partial charge in [0.25, 0.3) is 5.24 Å². The van der Waals surface area contributed by atoms with Crippen LogP contribution in [0.3, 0.4) is 0 Å². The Morgan fingerprint density at radius 2 is 1.97 bits per heavy atom. The number of β-amino-alcohol motifs (C(OH)–C–C–N with tert-alkyl or cyclic N) is 1. The molecule has 2 atom stereocenters. The zero-order valence-electron chi connectivity index (χ0n) is 18.3. The molecule has 10 heteroatoms. The Balaban J connectivity index is 1.27. The highest BCUT2D eigenvalue weighted by atomic mass is 32.1. The van der Waals surface area contributed by atoms with E-state index in [0.29, 0.717) is 25.4 Å². The van der Waals surface area contributed by atoms with Gasteiger partial charge >= 0.3 is 0 Å². The number of thiol groups is 1. The highest BCUT2D eigenvalue weighted by Crippen LogP contribution is 2.26. The van der Waals surface area contributed by atoms with Crippen molar-refractivity contribution in [3.05, 3.63) is 58.9 Å². The number of rotatable bonds is 8. The number of carbonyl (C=O) groups excluding carboxylic acids is 1. The summed E-state index contributed by atoms with van der Waals surface area (Å²) < 4.78 is 20.2. The van der Waals surface area contributed by atoms with Crippen LogP contribution < -0.4 is 10.1 Å². The molecular formula is C23H27FN4O3S2. The van der Waals surface area contributed by atoms with Crippen LogP contribution in [0.2, 0.25) is 0 Å². The maximum atomic E-state index is 13.3. The number of halogens is 1. The fourth-order valence-corrected chi connectivity index (χ4v) is 4.94. The number of benzene rings is 2. The lowest BCUT2D eigenvalue weighted by atomic mass is 10.1. The number of nitrogens with one attached hydrogen (secondary N) is 1. The van der Waals surface area contributed by atoms with Crippen LogP contribution in [-0.4, -0.2) is 70.6 Å². The molecule has 7 nitrogen and oxygen atoms in total. The molecule has 1 unspecified atom stereocenters. The molecule has 1 aromatic heterocycles. The molecule has 0 spiro atoms. The number of aromatic nitrogens is 1. The van der Waals surface area contributed by atoms with Gasteiger partial charge in [-0.05, 0) is 36.8 Å². The first-order chi connectivity index (χ1) is 15.9. The van der Waals surface area contributed by atoms with E-state index in [1.165, 1.54) is 12.1 Å². The summed E-state index contributed by atoms with van der Waals surface area (Å²) in [6.45, 7) is 5.48. The molecule has 4 rings (SSSR count). The highest BCUT2D eigenvalue weighted by molar-refractivity contribution is 7.96. The van der Waals surface area contributed by atoms with Crippen LogP contribution in [-0.2, 0) is 0 Å². The molecule has 1 saturated heterocycles. The van der Waals surface area contributed by atoms with Crippen molar-refractivity contribution in [3.63, 3.8) is 0 Å². The average Bonchev–Trinajstić information content (AvgIpc) is 3.16. The number of ether oxygens (including phenoxy) is 1. The van der Waals surface area contributed by atoms with Gasteiger partial charge in [0.05, 0.1) is 15.2 Å². The predicted molar refractivity (Wildman–Crippen MR) is 131 cm³/mol. The third kappa shape index (κ3) is 6.42. The molecule has 1 fully saturated rings. The van der Waals surface area contributed by atoms with Gasteiger partial charge in [-0.25, -0.2) is 9.37 Å². The molecule has 176 valence electrons. The molecule has 1 aliphatic rings. The smallest absolute Gasteiger partial charge is 0.277 e. The standard InChI is InChI=1S/C23H27FN4O3S2/c1-15-25-20-12-19(6-7-21(20)33-15)31-14-18(29)13-27-8-10-28(11-9-27)22(26-23(30)32)16-2-4-17(24)5-3-16/h2-7,12,18,22,29H,8-11,13-14H2,1H3,(H2,26,30,32)/t18-,22?/m1/s1. The average molecular weight is 491 g/mol. The SMILES string of the molecule is Cc1nc2cc(OC[C@H](O)CN3CCN(C(NC(=O)S)c4ccc(F)cc4)CC3)ccc2s1. The van der Waals surface area contributed by atoms with Crippen molar-refractivity contribution in [3.8, 4) is 5.75 Å². The normalized spacial score (nSPS) is 17.1. The molecule has 2 aromatic carbocycles. The second-order valence-electron chi connectivity index (χ2n) is 8.07. The summed E-state index contributed by atoms with van der Waals surface area (Å²) in [7, 11) is 0. The second kappa shape index (κ2) is 10.8. The number of piperazine rings is 1. The Morgan fingerprint density at radius 1 is 1.24 bits per heavy atom. The van der Waals surface area contributed by atoms with E-state index >= 15 is 0 Å². The van der Waals surface area contributed by atoms with Gasteiger partial charge in [0, 0.05) is 38.8 Å². The predicted octanol–water partition coefficient (Wildman–Crippen LogP) is 3.44. The Kier molecular flexibility index (Phi) is 7.82. The van der Waals surface area contributed by atoms with Gasteiger partial charge in [0.2, 0.25) is 0 Å². The van der Waals surface area contributed by atoms with Gasteiger partial charge in [-0.3, -0.25) is 14.6 Å². The van der Waals surface area contributed by atoms with Crippen LogP contribution >= 0.6 is 24.0 Å². The largest absolute Gasteiger partial charge is 0.491 e. The van der Waals surface area contributed by atoms with Crippen LogP contribution in [0.5, 0.6) is 5.75 Å². The molecular weight excluding hydrogens is 463 g/mol. The fraction of sp³-hybridized carbons (Fsp3) is 0.391. The summed E-state index contributed by atoms with van der Waals surface area (Å²) in [5, 5.41) is 13.9. The number of aryl methyl sites for hydroxylation is 1. The minimum Gasteiger partial charge on any atom is -0.491 e. The molecule has 0 bridgehead atoms. The van der Waals surface area contributed by atoms with Crippen LogP contribution in [0.15, 0.2) is 42.5 Å². The van der Waals surface area contributed by atoms with Crippen LogP contribution in [0.25, 0.3) is 10.2 Å². The van der Waals surface area contributed by atoms with E-state index in [2.05, 4.69) is 32.7 Å². The molecule has 1 aliphatic heterocycles. The van der Waals surface area contributed by atoms with Gasteiger partial charge < -0.3 is 15.2 Å². The Labute approximate surface area is 201 Å². The lowest BCUT2D eigenvalue weighted by Gasteiger charge is -2.40. The minimum atomic E-state index is -0.630. The summed E-state index contributed by atoms with van der Waals surface area (Å²) in [6, 6.07) is 11.9. The third-order valence-corrected chi connectivity index (χ3v) is 6.68. The number of fused-ring (bicyclic) bond motifs is 1. The van der Waals surface area contributed by atoms with E-state index in [1.54, 1.807) is 23.5 Å². The molecule has 0 saturated carbocycles. The summed E-state index contributed by atoms with van der Waals surface area (Å²) in [6.07, 6.45) is -1.01. The lowest BCUT2D eigenvalue weighted by Crippen LogP contribution is -2.52. The van der Waals surface area contributed by atoms with Crippen molar-refractivity contribution in [2.24, 2.45) is 0 Å². The van der Waals surface area contributed by atoms with Crippen LogP contribution in [0.4, 0.5) is 9.18 Å². The quantitative estimate of drug-likeness (QED) is 0.420. The van der Waals surface area contributed by atoms with E-state index in [0.717, 1.165) is 33.9 Å². The van der Waals surface area contributed by atoms with Crippen molar-refractivity contribution in [1.82, 2.24) is 20.1 Å². The van der Waals surface area contributed by atoms with Gasteiger partial charge in [-0.15, -0.1) is 11.3 Å². The highest BCUT2D eigenvalue weighted by Gasteiger charge is 2.27. The first-order valence-electron chi connectivity index (χ1n) is 10.8. The Morgan fingerprint density at radius 3 is 2.67 bits per heavy atom. The van der Waals surface area contributed by atoms with Crippen molar-refractivity contribution in [2.75, 3.05) is 39.3 Å². The van der Waals surface area contributed by atoms with Gasteiger partial charge in [0.1, 0.15) is 30.4 Å². The second-order valence-corrected chi connectivity index (χ2v) is 9.71. The zero-order valence-corrected chi connectivity index (χ0v) is 20.0. The number of hydrogen-bond acceptors (Lipinski definition) is 7. The number of aliphatic hydroxyl groups is 1. The molecule has 2 heterocycles. The Hall–Kier alpha value is -2.24. The van der Waals surface area contributed by atoms with Crippen LogP contribution in [0.1, 0.15) is 16.7 Å². The van der Waals surface area contributed by atoms with E-state index in [9.17, 15) is 14.3 Å². The number of nitrogens with zero attached hydrogens (tertiary/aromatic N) is 3. The van der Waals surface area contributed by atoms with E-state index in [1.807, 2.05) is 25.1 Å². The van der Waals surface area contributed by atoms with Gasteiger partial charge in [-0.1, -0.05) is 24.8 Å². The lowest BCUT2D eigenvalue weighted by molar-refractivity contribution is 0.0334. The van der Waals surface area contributed by atoms with Gasteiger partial charge in [-0.2, -0.15) is 0 Å². The van der Waals surface area contributed by atoms with Crippen molar-refractivity contribution >= 4 is 39.4 Å². The molecule has 33 heavy (non-hydrogen) atoms. The third-order valence-electron chi connectivity index (χ3n) is 5.60. The summed E-state index contributed by atoms with van der Waals surface area (Å²) in [5.41, 5.74) is 1.71. The summed E-state index contributed by atoms with van der Waals surface area (Å²) in [5.74, 6) is 0.374. The van der Waals surface area contributed by atoms with E-state index in [-0.39, 0.29) is 18.6 Å². The van der Waals surface area contributed by atoms with Gasteiger partial charge in [0.15, 0.2) is 0 Å². The first-order valence-corrected chi connectivity index (χ1v) is 12.0. The first kappa shape index (κ1) is 23.9. The zero-order chi connectivity index (χ0) is 23.4. The van der Waals surface area contributed by atoms with E-state index in [4.69, 9.17) is 4.74 Å². The number of amides is 1. The maximum absolute atomic E-state index is 13.3. The molecule has 2 N–H and O–H groups in total.